The van der Waals surface area contributed by atoms with Crippen LogP contribution in [0.4, 0.5) is 0 Å². The minimum Gasteiger partial charge on any atom is -0.314 e. The van der Waals surface area contributed by atoms with Crippen LogP contribution in [0.15, 0.2) is 0 Å². The maximum atomic E-state index is 3.45. The van der Waals surface area contributed by atoms with Gasteiger partial charge in [0, 0.05) is 12.5 Å². The van der Waals surface area contributed by atoms with Crippen LogP contribution in [0.5, 0.6) is 0 Å². The normalized spacial score (nSPS) is 16.1. The molecule has 0 aromatic heterocycles. The molecule has 1 aliphatic rings. The molecule has 0 heterocycles. The van der Waals surface area contributed by atoms with Crippen LogP contribution in [-0.2, 0) is 0 Å². The molecule has 56 valence electrons. The van der Waals surface area contributed by atoms with Crippen molar-refractivity contribution < 1.29 is 0 Å². The van der Waals surface area contributed by atoms with Gasteiger partial charge in [-0.15, -0.1) is 11.8 Å². The summed E-state index contributed by atoms with van der Waals surface area (Å²) in [5.41, 5.74) is 0. The molecule has 0 spiro atoms. The third-order valence-electron chi connectivity index (χ3n) is 1.67. The number of unbranched alkanes of at least 4 members (excludes halogenated alkanes) is 1. The third-order valence-corrected chi connectivity index (χ3v) is 1.67. The number of nitrogens with one attached hydrogen (secondary N) is 1. The van der Waals surface area contributed by atoms with E-state index in [2.05, 4.69) is 17.2 Å². The average molecular weight is 137 g/mol. The predicted molar refractivity (Wildman–Crippen MR) is 43.7 cm³/mol. The van der Waals surface area contributed by atoms with Crippen molar-refractivity contribution in [1.29, 1.82) is 0 Å². The molecule has 0 bridgehead atoms. The van der Waals surface area contributed by atoms with Gasteiger partial charge in [0.15, 0.2) is 0 Å². The standard InChI is InChI=1S/C9H15N/c1-2-3-4-5-8-10-9-6-7-9/h9-10H,4-8H2,1H3. The monoisotopic (exact) mass is 137 g/mol. The molecule has 0 saturated heterocycles. The SMILES string of the molecule is CC#CCCCNC1CC1. The maximum absolute atomic E-state index is 3.45. The zero-order valence-electron chi connectivity index (χ0n) is 6.61. The van der Waals surface area contributed by atoms with E-state index < -0.39 is 0 Å². The topological polar surface area (TPSA) is 12.0 Å². The Kier molecular flexibility index (Phi) is 3.32. The van der Waals surface area contributed by atoms with Crippen molar-refractivity contribution in [3.05, 3.63) is 0 Å². The molecule has 0 amide bonds. The molecule has 1 nitrogen and oxygen atoms in total. The highest BCUT2D eigenvalue weighted by molar-refractivity contribution is 4.94. The van der Waals surface area contributed by atoms with Crippen molar-refractivity contribution >= 4 is 0 Å². The van der Waals surface area contributed by atoms with Crippen LogP contribution in [0.25, 0.3) is 0 Å². The minimum absolute atomic E-state index is 0.856. The van der Waals surface area contributed by atoms with Gasteiger partial charge in [-0.2, -0.15) is 0 Å². The maximum Gasteiger partial charge on any atom is 0.0101 e. The van der Waals surface area contributed by atoms with Crippen molar-refractivity contribution in [2.24, 2.45) is 0 Å². The molecule has 0 radical (unpaired) electrons. The Morgan fingerprint density at radius 1 is 1.50 bits per heavy atom. The summed E-state index contributed by atoms with van der Waals surface area (Å²) in [6.07, 6.45) is 5.03. The molecule has 0 unspecified atom stereocenters. The lowest BCUT2D eigenvalue weighted by atomic mass is 10.3. The lowest BCUT2D eigenvalue weighted by molar-refractivity contribution is 0.655. The van der Waals surface area contributed by atoms with Gasteiger partial charge in [0.1, 0.15) is 0 Å². The average Bonchev–Trinajstić information content (AvgIpc) is 2.71. The summed E-state index contributed by atoms with van der Waals surface area (Å²) >= 11 is 0. The predicted octanol–water partition coefficient (Wildman–Crippen LogP) is 1.54. The van der Waals surface area contributed by atoms with Crippen LogP contribution in [-0.4, -0.2) is 12.6 Å². The van der Waals surface area contributed by atoms with E-state index in [-0.39, 0.29) is 0 Å². The van der Waals surface area contributed by atoms with Crippen LogP contribution in [0.2, 0.25) is 0 Å². The lowest BCUT2D eigenvalue weighted by Crippen LogP contribution is -2.16. The second kappa shape index (κ2) is 4.35. The molecule has 0 aromatic rings. The first-order valence-electron chi connectivity index (χ1n) is 4.06. The Balaban J connectivity index is 1.79. The quantitative estimate of drug-likeness (QED) is 0.458. The van der Waals surface area contributed by atoms with Crippen molar-refractivity contribution in [3.8, 4) is 11.8 Å². The van der Waals surface area contributed by atoms with Crippen LogP contribution < -0.4 is 5.32 Å². The molecule has 1 fully saturated rings. The molecule has 0 atom stereocenters. The largest absolute Gasteiger partial charge is 0.314 e. The van der Waals surface area contributed by atoms with Gasteiger partial charge >= 0.3 is 0 Å². The van der Waals surface area contributed by atoms with E-state index in [1.165, 1.54) is 19.3 Å². The van der Waals surface area contributed by atoms with E-state index in [9.17, 15) is 0 Å². The molecule has 1 N–H and O–H groups in total. The molecule has 0 aromatic carbocycles. The second-order valence-electron chi connectivity index (χ2n) is 2.76. The number of rotatable bonds is 4. The van der Waals surface area contributed by atoms with Gasteiger partial charge in [-0.1, -0.05) is 0 Å². The summed E-state index contributed by atoms with van der Waals surface area (Å²) in [4.78, 5) is 0. The summed E-state index contributed by atoms with van der Waals surface area (Å²) < 4.78 is 0. The molecule has 10 heavy (non-hydrogen) atoms. The molecular weight excluding hydrogens is 122 g/mol. The molecule has 0 aliphatic heterocycles. The van der Waals surface area contributed by atoms with Gasteiger partial charge in [-0.3, -0.25) is 0 Å². The minimum atomic E-state index is 0.856. The fourth-order valence-corrected chi connectivity index (χ4v) is 0.895. The van der Waals surface area contributed by atoms with Crippen LogP contribution in [0, 0.1) is 11.8 Å². The Bertz CT molecular complexity index is 137. The first-order chi connectivity index (χ1) is 4.93. The zero-order chi connectivity index (χ0) is 7.23. The molecule has 1 aliphatic carbocycles. The zero-order valence-corrected chi connectivity index (χ0v) is 6.61. The Morgan fingerprint density at radius 2 is 2.30 bits per heavy atom. The lowest BCUT2D eigenvalue weighted by Gasteiger charge is -1.97. The summed E-state index contributed by atoms with van der Waals surface area (Å²) in [7, 11) is 0. The van der Waals surface area contributed by atoms with E-state index >= 15 is 0 Å². The first-order valence-corrected chi connectivity index (χ1v) is 4.06. The van der Waals surface area contributed by atoms with Crippen molar-refractivity contribution in [2.75, 3.05) is 6.54 Å². The first kappa shape index (κ1) is 7.63. The van der Waals surface area contributed by atoms with Gasteiger partial charge in [-0.25, -0.2) is 0 Å². The van der Waals surface area contributed by atoms with Gasteiger partial charge in [-0.05, 0) is 32.7 Å². The van der Waals surface area contributed by atoms with Gasteiger partial charge in [0.2, 0.25) is 0 Å². The van der Waals surface area contributed by atoms with Crippen LogP contribution in [0.3, 0.4) is 0 Å². The molecule has 1 rings (SSSR count). The second-order valence-corrected chi connectivity index (χ2v) is 2.76. The third kappa shape index (κ3) is 3.53. The summed E-state index contributed by atoms with van der Waals surface area (Å²) in [6.45, 7) is 3.05. The van der Waals surface area contributed by atoms with E-state index in [1.54, 1.807) is 0 Å². The fraction of sp³-hybridized carbons (Fsp3) is 0.778. The van der Waals surface area contributed by atoms with Gasteiger partial charge in [0.25, 0.3) is 0 Å². The van der Waals surface area contributed by atoms with Gasteiger partial charge < -0.3 is 5.32 Å². The highest BCUT2D eigenvalue weighted by atomic mass is 14.9. The Morgan fingerprint density at radius 3 is 2.90 bits per heavy atom. The highest BCUT2D eigenvalue weighted by Gasteiger charge is 2.19. The van der Waals surface area contributed by atoms with Crippen molar-refractivity contribution in [1.82, 2.24) is 5.32 Å². The molecule has 1 heteroatoms. The Labute approximate surface area is 63.2 Å². The van der Waals surface area contributed by atoms with E-state index in [4.69, 9.17) is 0 Å². The fourth-order valence-electron chi connectivity index (χ4n) is 0.895. The van der Waals surface area contributed by atoms with E-state index in [0.29, 0.717) is 0 Å². The smallest absolute Gasteiger partial charge is 0.0101 e. The van der Waals surface area contributed by atoms with Crippen molar-refractivity contribution in [2.45, 2.75) is 38.6 Å². The summed E-state index contributed by atoms with van der Waals surface area (Å²) in [5.74, 6) is 5.95. The number of hydrogen-bond donors (Lipinski definition) is 1. The highest BCUT2D eigenvalue weighted by Crippen LogP contribution is 2.18. The number of hydrogen-bond acceptors (Lipinski definition) is 1. The van der Waals surface area contributed by atoms with E-state index in [0.717, 1.165) is 19.0 Å². The molecular formula is C9H15N. The Hall–Kier alpha value is -0.480. The van der Waals surface area contributed by atoms with Crippen LogP contribution in [0.1, 0.15) is 32.6 Å². The molecule has 1 saturated carbocycles. The van der Waals surface area contributed by atoms with Gasteiger partial charge in [0.05, 0.1) is 0 Å². The summed E-state index contributed by atoms with van der Waals surface area (Å²) in [5, 5.41) is 3.45. The summed E-state index contributed by atoms with van der Waals surface area (Å²) in [6, 6.07) is 0.856. The van der Waals surface area contributed by atoms with Crippen LogP contribution >= 0.6 is 0 Å². The van der Waals surface area contributed by atoms with Crippen molar-refractivity contribution in [3.63, 3.8) is 0 Å². The van der Waals surface area contributed by atoms with E-state index in [1.807, 2.05) is 6.92 Å².